The number of carbonyl (C=O) groups excluding carboxylic acids is 1. The molecule has 0 spiro atoms. The molecule has 0 aliphatic carbocycles. The summed E-state index contributed by atoms with van der Waals surface area (Å²) in [5, 5.41) is 15.1. The molecule has 2 aromatic carbocycles. The number of tetrazole rings is 1. The summed E-state index contributed by atoms with van der Waals surface area (Å²) in [6, 6.07) is 13.6. The molecule has 9 nitrogen and oxygen atoms in total. The van der Waals surface area contributed by atoms with Crippen molar-refractivity contribution in [3.63, 3.8) is 0 Å². The zero-order valence-electron chi connectivity index (χ0n) is 18.3. The van der Waals surface area contributed by atoms with Crippen LogP contribution in [0.4, 0.5) is 11.4 Å². The summed E-state index contributed by atoms with van der Waals surface area (Å²) in [6.45, 7) is 7.04. The minimum atomic E-state index is -0.408. The number of morpholine rings is 1. The van der Waals surface area contributed by atoms with E-state index in [1.807, 2.05) is 56.3 Å². The topological polar surface area (TPSA) is 94.4 Å². The highest BCUT2D eigenvalue weighted by Gasteiger charge is 2.21. The molecule has 0 bridgehead atoms. The third kappa shape index (κ3) is 5.03. The van der Waals surface area contributed by atoms with Gasteiger partial charge in [0.15, 0.2) is 0 Å². The van der Waals surface area contributed by atoms with Gasteiger partial charge in [0.2, 0.25) is 11.1 Å². The van der Waals surface area contributed by atoms with E-state index in [1.54, 1.807) is 11.8 Å². The van der Waals surface area contributed by atoms with Gasteiger partial charge in [0.25, 0.3) is 0 Å². The lowest BCUT2D eigenvalue weighted by molar-refractivity contribution is -0.115. The van der Waals surface area contributed by atoms with Crippen molar-refractivity contribution in [1.29, 1.82) is 0 Å². The van der Waals surface area contributed by atoms with Crippen molar-refractivity contribution in [2.75, 3.05) is 43.6 Å². The molecule has 3 aromatic rings. The highest BCUT2D eigenvalue weighted by molar-refractivity contribution is 8.00. The van der Waals surface area contributed by atoms with Crippen molar-refractivity contribution < 1.29 is 14.3 Å². The van der Waals surface area contributed by atoms with Gasteiger partial charge in [-0.3, -0.25) is 4.79 Å². The third-order valence-corrected chi connectivity index (χ3v) is 6.20. The monoisotopic (exact) mass is 454 g/mol. The fourth-order valence-electron chi connectivity index (χ4n) is 3.40. The number of thioether (sulfide) groups is 1. The summed E-state index contributed by atoms with van der Waals surface area (Å²) in [6.07, 6.45) is 0. The highest BCUT2D eigenvalue weighted by atomic mass is 32.2. The number of nitrogens with one attached hydrogen (secondary N) is 1. The Bertz CT molecular complexity index is 1070. The summed E-state index contributed by atoms with van der Waals surface area (Å²) >= 11 is 1.29. The Labute approximate surface area is 191 Å². The maximum absolute atomic E-state index is 12.8. The predicted molar refractivity (Wildman–Crippen MR) is 124 cm³/mol. The first-order valence-electron chi connectivity index (χ1n) is 10.4. The highest BCUT2D eigenvalue weighted by Crippen LogP contribution is 2.29. The summed E-state index contributed by atoms with van der Waals surface area (Å²) < 4.78 is 12.4. The zero-order chi connectivity index (χ0) is 22.5. The summed E-state index contributed by atoms with van der Waals surface area (Å²) in [7, 11) is 1.60. The number of aromatic nitrogens is 4. The number of nitrogens with zero attached hydrogens (tertiary/aromatic N) is 5. The minimum absolute atomic E-state index is 0.125. The molecule has 1 aliphatic heterocycles. The van der Waals surface area contributed by atoms with Crippen LogP contribution in [0.25, 0.3) is 5.69 Å². The van der Waals surface area contributed by atoms with E-state index in [0.29, 0.717) is 10.9 Å². The lowest BCUT2D eigenvalue weighted by Gasteiger charge is -2.28. The maximum atomic E-state index is 12.8. The van der Waals surface area contributed by atoms with Crippen LogP contribution in [0.15, 0.2) is 47.6 Å². The number of rotatable bonds is 7. The Morgan fingerprint density at radius 1 is 1.19 bits per heavy atom. The van der Waals surface area contributed by atoms with Gasteiger partial charge in [-0.1, -0.05) is 17.8 Å². The van der Waals surface area contributed by atoms with Gasteiger partial charge in [0, 0.05) is 24.5 Å². The molecule has 32 heavy (non-hydrogen) atoms. The van der Waals surface area contributed by atoms with Crippen molar-refractivity contribution in [3.05, 3.63) is 48.0 Å². The first kappa shape index (κ1) is 22.1. The molecule has 1 N–H and O–H groups in total. The van der Waals surface area contributed by atoms with E-state index in [4.69, 9.17) is 9.47 Å². The Kier molecular flexibility index (Phi) is 6.91. The molecular weight excluding hydrogens is 428 g/mol. The predicted octanol–water partition coefficient (Wildman–Crippen LogP) is 2.94. The van der Waals surface area contributed by atoms with Crippen LogP contribution in [-0.2, 0) is 9.53 Å². The number of hydrogen-bond acceptors (Lipinski definition) is 8. The SMILES string of the molecule is COc1ccc(C)cc1-n1nnnc1SC(C)C(=O)Nc1ccc(N2CCOCC2)cc1. The van der Waals surface area contributed by atoms with Gasteiger partial charge in [0.05, 0.1) is 25.6 Å². The number of aryl methyl sites for hydroxylation is 1. The zero-order valence-corrected chi connectivity index (χ0v) is 19.1. The molecule has 1 saturated heterocycles. The quantitative estimate of drug-likeness (QED) is 0.545. The van der Waals surface area contributed by atoms with Crippen LogP contribution in [0.5, 0.6) is 5.75 Å². The average Bonchev–Trinajstić information content (AvgIpc) is 3.28. The molecule has 1 aromatic heterocycles. The second-order valence-electron chi connectivity index (χ2n) is 7.44. The number of carbonyl (C=O) groups is 1. The van der Waals surface area contributed by atoms with Crippen molar-refractivity contribution in [1.82, 2.24) is 20.2 Å². The van der Waals surface area contributed by atoms with Gasteiger partial charge in [-0.15, -0.1) is 5.10 Å². The fraction of sp³-hybridized carbons (Fsp3) is 0.364. The van der Waals surface area contributed by atoms with Crippen molar-refractivity contribution in [2.45, 2.75) is 24.3 Å². The van der Waals surface area contributed by atoms with Gasteiger partial charge in [0.1, 0.15) is 11.4 Å². The third-order valence-electron chi connectivity index (χ3n) is 5.17. The van der Waals surface area contributed by atoms with Gasteiger partial charge >= 0.3 is 0 Å². The molecule has 1 unspecified atom stereocenters. The first-order valence-corrected chi connectivity index (χ1v) is 11.3. The Morgan fingerprint density at radius 2 is 1.94 bits per heavy atom. The number of ether oxygens (including phenoxy) is 2. The largest absolute Gasteiger partial charge is 0.494 e. The average molecular weight is 455 g/mol. The van der Waals surface area contributed by atoms with Crippen molar-refractivity contribution >= 4 is 29.0 Å². The minimum Gasteiger partial charge on any atom is -0.494 e. The number of hydrogen-bond donors (Lipinski definition) is 1. The van der Waals surface area contributed by atoms with Crippen LogP contribution >= 0.6 is 11.8 Å². The maximum Gasteiger partial charge on any atom is 0.237 e. The number of benzene rings is 2. The fourth-order valence-corrected chi connectivity index (χ4v) is 4.20. The second-order valence-corrected chi connectivity index (χ2v) is 8.75. The lowest BCUT2D eigenvalue weighted by Crippen LogP contribution is -2.36. The molecule has 10 heteroatoms. The van der Waals surface area contributed by atoms with E-state index < -0.39 is 5.25 Å². The smallest absolute Gasteiger partial charge is 0.237 e. The molecule has 0 radical (unpaired) electrons. The Hall–Kier alpha value is -3.11. The molecule has 1 atom stereocenters. The van der Waals surface area contributed by atoms with Gasteiger partial charge in [-0.2, -0.15) is 4.68 Å². The summed E-state index contributed by atoms with van der Waals surface area (Å²) in [4.78, 5) is 15.1. The van der Waals surface area contributed by atoms with E-state index in [2.05, 4.69) is 25.7 Å². The second kappa shape index (κ2) is 10.0. The standard InChI is InChI=1S/C22H26N6O3S/c1-15-4-9-20(30-3)19(14-15)28-22(24-25-26-28)32-16(2)21(29)23-17-5-7-18(8-6-17)27-10-12-31-13-11-27/h4-9,14,16H,10-13H2,1-3H3,(H,23,29). The lowest BCUT2D eigenvalue weighted by atomic mass is 10.2. The molecule has 168 valence electrons. The van der Waals surface area contributed by atoms with E-state index in [-0.39, 0.29) is 5.91 Å². The number of anilines is 2. The van der Waals surface area contributed by atoms with Crippen LogP contribution in [0.2, 0.25) is 0 Å². The van der Waals surface area contributed by atoms with Crippen LogP contribution in [0, 0.1) is 6.92 Å². The Balaban J connectivity index is 1.42. The van der Waals surface area contributed by atoms with Crippen molar-refractivity contribution in [2.24, 2.45) is 0 Å². The van der Waals surface area contributed by atoms with Crippen LogP contribution < -0.4 is 15.0 Å². The van der Waals surface area contributed by atoms with Crippen molar-refractivity contribution in [3.8, 4) is 11.4 Å². The summed E-state index contributed by atoms with van der Waals surface area (Å²) in [5.74, 6) is 0.530. The molecule has 1 fully saturated rings. The van der Waals surface area contributed by atoms with E-state index in [0.717, 1.165) is 48.9 Å². The summed E-state index contributed by atoms with van der Waals surface area (Å²) in [5.41, 5.74) is 3.66. The van der Waals surface area contributed by atoms with Crippen LogP contribution in [-0.4, -0.2) is 64.8 Å². The van der Waals surface area contributed by atoms with E-state index >= 15 is 0 Å². The van der Waals surface area contributed by atoms with Gasteiger partial charge < -0.3 is 19.7 Å². The number of amides is 1. The molecule has 1 amide bonds. The normalized spacial score (nSPS) is 14.8. The van der Waals surface area contributed by atoms with E-state index in [1.165, 1.54) is 11.8 Å². The van der Waals surface area contributed by atoms with E-state index in [9.17, 15) is 4.79 Å². The molecule has 1 aliphatic rings. The molecule has 2 heterocycles. The van der Waals surface area contributed by atoms with Gasteiger partial charge in [-0.05, 0) is 66.2 Å². The number of methoxy groups -OCH3 is 1. The van der Waals surface area contributed by atoms with Gasteiger partial charge in [-0.25, -0.2) is 0 Å². The van der Waals surface area contributed by atoms with Crippen LogP contribution in [0.3, 0.4) is 0 Å². The molecular formula is C22H26N6O3S. The first-order chi connectivity index (χ1) is 15.5. The molecule has 4 rings (SSSR count). The van der Waals surface area contributed by atoms with Crippen LogP contribution in [0.1, 0.15) is 12.5 Å². The molecule has 0 saturated carbocycles. The Morgan fingerprint density at radius 3 is 2.66 bits per heavy atom.